The number of nitrogens with zero attached hydrogens (tertiary/aromatic N) is 1. The third-order valence-corrected chi connectivity index (χ3v) is 11.2. The lowest BCUT2D eigenvalue weighted by Gasteiger charge is -2.61. The van der Waals surface area contributed by atoms with Crippen LogP contribution >= 0.6 is 22.6 Å². The second-order valence-corrected chi connectivity index (χ2v) is 13.1. The summed E-state index contributed by atoms with van der Waals surface area (Å²) in [5.41, 5.74) is 1.13. The fourth-order valence-electron chi connectivity index (χ4n) is 7.92. The largest absolute Gasteiger partial charge is 0.302 e. The highest BCUT2D eigenvalue weighted by molar-refractivity contribution is 14.1. The summed E-state index contributed by atoms with van der Waals surface area (Å²) in [7, 11) is 0. The van der Waals surface area contributed by atoms with Gasteiger partial charge in [0.25, 0.3) is 0 Å². The van der Waals surface area contributed by atoms with E-state index in [1.807, 2.05) is 0 Å². The molecule has 0 amide bonds. The van der Waals surface area contributed by atoms with Crippen molar-refractivity contribution in [2.45, 2.75) is 69.1 Å². The number of piperidine rings is 1. The van der Waals surface area contributed by atoms with Crippen molar-refractivity contribution in [3.05, 3.63) is 0 Å². The van der Waals surface area contributed by atoms with E-state index in [9.17, 15) is 0 Å². The maximum atomic E-state index is 2.93. The standard InChI is InChI=1S/C21H34IN/c1-19(2)17-4-5-20(19,3)13-23(11-17)12-18-16-7-14-6-15(8-16)10-21(18,22)9-14/h14-18H,4-13H2,1-3H3/t14?,15?,16?,17?,18?,20-,21?/m1/s1. The van der Waals surface area contributed by atoms with E-state index in [0.717, 1.165) is 29.6 Å². The van der Waals surface area contributed by atoms with Crippen molar-refractivity contribution >= 4 is 22.6 Å². The first-order valence-corrected chi connectivity index (χ1v) is 11.3. The van der Waals surface area contributed by atoms with Gasteiger partial charge in [-0.3, -0.25) is 0 Å². The Kier molecular flexibility index (Phi) is 3.39. The van der Waals surface area contributed by atoms with Crippen LogP contribution in [-0.4, -0.2) is 28.0 Å². The first-order chi connectivity index (χ1) is 10.8. The molecule has 1 saturated heterocycles. The molecule has 5 aliphatic carbocycles. The van der Waals surface area contributed by atoms with Gasteiger partial charge >= 0.3 is 0 Å². The van der Waals surface area contributed by atoms with Gasteiger partial charge < -0.3 is 4.90 Å². The Hall–Kier alpha value is 0.690. The molecule has 0 spiro atoms. The maximum absolute atomic E-state index is 2.93. The lowest BCUT2D eigenvalue weighted by atomic mass is 9.51. The minimum Gasteiger partial charge on any atom is -0.302 e. The van der Waals surface area contributed by atoms with Crippen LogP contribution in [0.25, 0.3) is 0 Å². The molecule has 0 N–H and O–H groups in total. The second-order valence-electron chi connectivity index (χ2n) is 11.0. The van der Waals surface area contributed by atoms with Gasteiger partial charge in [0.2, 0.25) is 0 Å². The molecular weight excluding hydrogens is 393 g/mol. The molecule has 0 aromatic rings. The van der Waals surface area contributed by atoms with Crippen molar-refractivity contribution in [3.8, 4) is 0 Å². The summed E-state index contributed by atoms with van der Waals surface area (Å²) < 4.78 is 0.666. The van der Waals surface area contributed by atoms with Crippen molar-refractivity contribution in [2.75, 3.05) is 19.6 Å². The number of alkyl halides is 1. The Balaban J connectivity index is 1.35. The van der Waals surface area contributed by atoms with E-state index < -0.39 is 0 Å². The summed E-state index contributed by atoms with van der Waals surface area (Å²) in [5.74, 6) is 5.20. The fourth-order valence-corrected chi connectivity index (χ4v) is 9.87. The number of fused-ring (bicyclic) bond motifs is 2. The van der Waals surface area contributed by atoms with Gasteiger partial charge in [0.15, 0.2) is 0 Å². The summed E-state index contributed by atoms with van der Waals surface area (Å²) in [6.07, 6.45) is 10.8. The Morgan fingerprint density at radius 2 is 1.74 bits per heavy atom. The van der Waals surface area contributed by atoms with Crippen molar-refractivity contribution in [2.24, 2.45) is 40.4 Å². The zero-order chi connectivity index (χ0) is 16.0. The van der Waals surface area contributed by atoms with Crippen LogP contribution in [0.1, 0.15) is 65.7 Å². The molecule has 0 aromatic carbocycles. The predicted octanol–water partition coefficient (Wildman–Crippen LogP) is 5.37. The molecule has 0 aromatic heterocycles. The SMILES string of the molecule is CC1(C)C2CC[C@]1(C)CN(CC1C3CC4CC(C3)CC1(I)C4)C2. The van der Waals surface area contributed by atoms with Gasteiger partial charge in [-0.15, -0.1) is 0 Å². The third-order valence-electron chi connectivity index (χ3n) is 9.56. The molecule has 1 nitrogen and oxygen atoms in total. The van der Waals surface area contributed by atoms with E-state index in [1.165, 1.54) is 32.5 Å². The lowest BCUT2D eigenvalue weighted by Crippen LogP contribution is -2.59. The first-order valence-electron chi connectivity index (χ1n) is 10.2. The van der Waals surface area contributed by atoms with Gasteiger partial charge in [0, 0.05) is 23.1 Å². The summed E-state index contributed by atoms with van der Waals surface area (Å²) in [6.45, 7) is 11.9. The lowest BCUT2D eigenvalue weighted by molar-refractivity contribution is -0.0597. The quantitative estimate of drug-likeness (QED) is 0.423. The van der Waals surface area contributed by atoms with Gasteiger partial charge in [-0.25, -0.2) is 0 Å². The molecule has 4 unspecified atom stereocenters. The van der Waals surface area contributed by atoms with E-state index in [4.69, 9.17) is 0 Å². The number of rotatable bonds is 2. The Morgan fingerprint density at radius 1 is 1.04 bits per heavy atom. The zero-order valence-corrected chi connectivity index (χ0v) is 17.4. The van der Waals surface area contributed by atoms with Crippen LogP contribution in [0, 0.1) is 40.4 Å². The molecule has 6 rings (SSSR count). The second kappa shape index (κ2) is 4.90. The Labute approximate surface area is 156 Å². The molecule has 0 radical (unpaired) electrons. The molecular formula is C21H34IN. The first kappa shape index (κ1) is 15.9. The topological polar surface area (TPSA) is 3.24 Å². The third kappa shape index (κ3) is 2.18. The summed E-state index contributed by atoms with van der Waals surface area (Å²) >= 11 is 2.93. The Morgan fingerprint density at radius 3 is 2.35 bits per heavy atom. The predicted molar refractivity (Wildman–Crippen MR) is 105 cm³/mol. The Bertz CT molecular complexity index is 500. The van der Waals surface area contributed by atoms with Crippen LogP contribution in [0.2, 0.25) is 0 Å². The zero-order valence-electron chi connectivity index (χ0n) is 15.3. The minimum atomic E-state index is 0.565. The number of likely N-dealkylation sites (tertiary alicyclic amines) is 1. The van der Waals surface area contributed by atoms with Crippen LogP contribution < -0.4 is 0 Å². The molecule has 130 valence electrons. The van der Waals surface area contributed by atoms with E-state index in [2.05, 4.69) is 48.3 Å². The molecule has 6 aliphatic rings. The van der Waals surface area contributed by atoms with E-state index >= 15 is 0 Å². The average Bonchev–Trinajstić information content (AvgIpc) is 2.59. The molecule has 23 heavy (non-hydrogen) atoms. The average molecular weight is 427 g/mol. The summed E-state index contributed by atoms with van der Waals surface area (Å²) in [4.78, 5) is 2.93. The highest BCUT2D eigenvalue weighted by Gasteiger charge is 2.58. The summed E-state index contributed by atoms with van der Waals surface area (Å²) in [5, 5.41) is 0. The monoisotopic (exact) mass is 427 g/mol. The molecule has 6 fully saturated rings. The van der Waals surface area contributed by atoms with Crippen LogP contribution in [-0.2, 0) is 0 Å². The van der Waals surface area contributed by atoms with Crippen LogP contribution in [0.15, 0.2) is 0 Å². The summed E-state index contributed by atoms with van der Waals surface area (Å²) in [6, 6.07) is 0. The number of hydrogen-bond acceptors (Lipinski definition) is 1. The van der Waals surface area contributed by atoms with E-state index in [1.54, 1.807) is 32.1 Å². The van der Waals surface area contributed by atoms with Gasteiger partial charge in [-0.05, 0) is 85.4 Å². The van der Waals surface area contributed by atoms with Crippen molar-refractivity contribution < 1.29 is 0 Å². The highest BCUT2D eigenvalue weighted by atomic mass is 127. The van der Waals surface area contributed by atoms with Crippen molar-refractivity contribution in [1.29, 1.82) is 0 Å². The molecule has 1 aliphatic heterocycles. The van der Waals surface area contributed by atoms with E-state index in [0.29, 0.717) is 14.3 Å². The van der Waals surface area contributed by atoms with Gasteiger partial charge in [0.05, 0.1) is 0 Å². The number of halogens is 1. The normalized spacial score (nSPS) is 57.1. The van der Waals surface area contributed by atoms with Crippen molar-refractivity contribution in [1.82, 2.24) is 4.90 Å². The smallest absolute Gasteiger partial charge is 0.0270 e. The van der Waals surface area contributed by atoms with E-state index in [-0.39, 0.29) is 0 Å². The van der Waals surface area contributed by atoms with Crippen LogP contribution in [0.4, 0.5) is 0 Å². The number of hydrogen-bond donors (Lipinski definition) is 0. The molecule has 5 saturated carbocycles. The minimum absolute atomic E-state index is 0.565. The highest BCUT2D eigenvalue weighted by Crippen LogP contribution is 2.63. The molecule has 6 bridgehead atoms. The van der Waals surface area contributed by atoms with Gasteiger partial charge in [-0.2, -0.15) is 0 Å². The van der Waals surface area contributed by atoms with Crippen LogP contribution in [0.3, 0.4) is 0 Å². The maximum Gasteiger partial charge on any atom is 0.0270 e. The van der Waals surface area contributed by atoms with Crippen LogP contribution in [0.5, 0.6) is 0 Å². The molecule has 1 heterocycles. The van der Waals surface area contributed by atoms with Crippen molar-refractivity contribution in [3.63, 3.8) is 0 Å². The molecule has 2 heteroatoms. The van der Waals surface area contributed by atoms with Gasteiger partial charge in [0.1, 0.15) is 0 Å². The van der Waals surface area contributed by atoms with Gasteiger partial charge in [-0.1, -0.05) is 43.4 Å². The fraction of sp³-hybridized carbons (Fsp3) is 1.00. The molecule has 5 atom stereocenters.